The fourth-order valence-electron chi connectivity index (χ4n) is 2.97. The van der Waals surface area contributed by atoms with Gasteiger partial charge in [-0.15, -0.1) is 5.10 Å². The van der Waals surface area contributed by atoms with Crippen molar-refractivity contribution in [2.24, 2.45) is 5.92 Å². The summed E-state index contributed by atoms with van der Waals surface area (Å²) in [5.41, 5.74) is -0.0987. The summed E-state index contributed by atoms with van der Waals surface area (Å²) in [6, 6.07) is 0.697. The van der Waals surface area contributed by atoms with Gasteiger partial charge in [-0.1, -0.05) is 25.1 Å². The lowest BCUT2D eigenvalue weighted by molar-refractivity contribution is 0.393. The van der Waals surface area contributed by atoms with Gasteiger partial charge >= 0.3 is 5.69 Å². The summed E-state index contributed by atoms with van der Waals surface area (Å²) < 4.78 is 1.70. The van der Waals surface area contributed by atoms with Crippen LogP contribution in [0.4, 0.5) is 0 Å². The van der Waals surface area contributed by atoms with Crippen LogP contribution in [0.5, 0.6) is 0 Å². The third-order valence-electron chi connectivity index (χ3n) is 4.07. The highest BCUT2D eigenvalue weighted by atomic mass is 32.2. The minimum Gasteiger partial charge on any atom is -0.314 e. The Labute approximate surface area is 124 Å². The predicted octanol–water partition coefficient (Wildman–Crippen LogP) is 2.24. The van der Waals surface area contributed by atoms with Crippen molar-refractivity contribution in [1.29, 1.82) is 0 Å². The molecule has 1 aromatic rings. The lowest BCUT2D eigenvalue weighted by Crippen LogP contribution is -2.33. The van der Waals surface area contributed by atoms with E-state index in [1.807, 2.05) is 6.92 Å². The summed E-state index contributed by atoms with van der Waals surface area (Å²) in [7, 11) is 0. The van der Waals surface area contributed by atoms with Gasteiger partial charge in [-0.05, 0) is 45.1 Å². The molecule has 0 spiro atoms. The maximum Gasteiger partial charge on any atom is 0.343 e. The number of nitrogens with one attached hydrogen (secondary N) is 2. The molecule has 6 heteroatoms. The number of H-pyrrole nitrogens is 1. The van der Waals surface area contributed by atoms with Crippen LogP contribution in [0.25, 0.3) is 0 Å². The minimum absolute atomic E-state index is 0.0987. The molecule has 20 heavy (non-hydrogen) atoms. The highest BCUT2D eigenvalue weighted by Crippen LogP contribution is 2.30. The van der Waals surface area contributed by atoms with Gasteiger partial charge in [0.15, 0.2) is 5.16 Å². The number of rotatable bonds is 8. The summed E-state index contributed by atoms with van der Waals surface area (Å²) in [5.74, 6) is 1.83. The van der Waals surface area contributed by atoms with Crippen molar-refractivity contribution in [3.63, 3.8) is 0 Å². The average molecular weight is 298 g/mol. The van der Waals surface area contributed by atoms with Gasteiger partial charge in [-0.3, -0.25) is 4.57 Å². The maximum atomic E-state index is 11.5. The normalized spacial score (nSPS) is 22.5. The highest BCUT2D eigenvalue weighted by Gasteiger charge is 2.26. The molecule has 1 aliphatic carbocycles. The van der Waals surface area contributed by atoms with Crippen LogP contribution in [0, 0.1) is 5.92 Å². The summed E-state index contributed by atoms with van der Waals surface area (Å²) in [6.45, 7) is 6.00. The zero-order chi connectivity index (χ0) is 14.4. The molecule has 1 heterocycles. The van der Waals surface area contributed by atoms with Crippen molar-refractivity contribution < 1.29 is 0 Å². The Kier molecular flexibility index (Phi) is 6.16. The molecule has 114 valence electrons. The number of aromatic amines is 1. The molecule has 2 unspecified atom stereocenters. The van der Waals surface area contributed by atoms with Crippen molar-refractivity contribution in [2.45, 2.75) is 63.7 Å². The zero-order valence-corrected chi connectivity index (χ0v) is 13.3. The molecular weight excluding hydrogens is 272 g/mol. The van der Waals surface area contributed by atoms with Crippen molar-refractivity contribution >= 4 is 11.8 Å². The SMILES string of the molecule is CCCNC1CCCC1CCSc1n[nH]c(=O)n1CC. The number of aromatic nitrogens is 3. The Morgan fingerprint density at radius 2 is 2.30 bits per heavy atom. The van der Waals surface area contributed by atoms with E-state index >= 15 is 0 Å². The van der Waals surface area contributed by atoms with E-state index in [0.717, 1.165) is 23.4 Å². The molecule has 0 radical (unpaired) electrons. The molecular formula is C14H26N4OS. The van der Waals surface area contributed by atoms with Crippen LogP contribution in [0.2, 0.25) is 0 Å². The summed E-state index contributed by atoms with van der Waals surface area (Å²) in [4.78, 5) is 11.5. The standard InChI is InChI=1S/C14H26N4OS/c1-3-9-15-12-7-5-6-11(12)8-10-20-14-17-16-13(19)18(14)4-2/h11-12,15H,3-10H2,1-2H3,(H,16,19). The fourth-order valence-corrected chi connectivity index (χ4v) is 4.06. The molecule has 1 saturated carbocycles. The van der Waals surface area contributed by atoms with Crippen LogP contribution in [0.15, 0.2) is 9.95 Å². The van der Waals surface area contributed by atoms with E-state index in [2.05, 4.69) is 22.4 Å². The number of nitrogens with zero attached hydrogens (tertiary/aromatic N) is 2. The third-order valence-corrected chi connectivity index (χ3v) is 5.08. The minimum atomic E-state index is -0.0987. The average Bonchev–Trinajstić information content (AvgIpc) is 3.03. The van der Waals surface area contributed by atoms with Gasteiger partial charge in [0.1, 0.15) is 0 Å². The lowest BCUT2D eigenvalue weighted by Gasteiger charge is -2.20. The van der Waals surface area contributed by atoms with Crippen LogP contribution in [-0.2, 0) is 6.54 Å². The van der Waals surface area contributed by atoms with Crippen molar-refractivity contribution in [3.8, 4) is 0 Å². The first-order valence-corrected chi connectivity index (χ1v) is 8.76. The third kappa shape index (κ3) is 3.88. The molecule has 0 bridgehead atoms. The molecule has 0 saturated heterocycles. The van der Waals surface area contributed by atoms with Crippen molar-refractivity contribution in [1.82, 2.24) is 20.1 Å². The van der Waals surface area contributed by atoms with Gasteiger partial charge in [0, 0.05) is 18.3 Å². The largest absolute Gasteiger partial charge is 0.343 e. The molecule has 0 aromatic carbocycles. The molecule has 2 atom stereocenters. The summed E-state index contributed by atoms with van der Waals surface area (Å²) in [6.07, 6.45) is 6.41. The Morgan fingerprint density at radius 3 is 3.05 bits per heavy atom. The smallest absolute Gasteiger partial charge is 0.314 e. The molecule has 1 fully saturated rings. The molecule has 0 amide bonds. The van der Waals surface area contributed by atoms with Crippen LogP contribution < -0.4 is 11.0 Å². The van der Waals surface area contributed by atoms with E-state index in [-0.39, 0.29) is 5.69 Å². The van der Waals surface area contributed by atoms with Crippen LogP contribution in [-0.4, -0.2) is 33.1 Å². The van der Waals surface area contributed by atoms with E-state index in [9.17, 15) is 4.79 Å². The second-order valence-corrected chi connectivity index (χ2v) is 6.51. The Hall–Kier alpha value is -0.750. The van der Waals surface area contributed by atoms with Gasteiger partial charge < -0.3 is 5.32 Å². The second-order valence-electron chi connectivity index (χ2n) is 5.44. The maximum absolute atomic E-state index is 11.5. The van der Waals surface area contributed by atoms with E-state index < -0.39 is 0 Å². The molecule has 0 aliphatic heterocycles. The van der Waals surface area contributed by atoms with E-state index in [1.54, 1.807) is 16.3 Å². The van der Waals surface area contributed by atoms with E-state index in [0.29, 0.717) is 12.6 Å². The number of hydrogen-bond donors (Lipinski definition) is 2. The molecule has 2 N–H and O–H groups in total. The first kappa shape index (κ1) is 15.6. The predicted molar refractivity (Wildman–Crippen MR) is 83.3 cm³/mol. The highest BCUT2D eigenvalue weighted by molar-refractivity contribution is 7.99. The number of thioether (sulfide) groups is 1. The molecule has 5 nitrogen and oxygen atoms in total. The van der Waals surface area contributed by atoms with Gasteiger partial charge in [-0.25, -0.2) is 9.89 Å². The fraction of sp³-hybridized carbons (Fsp3) is 0.857. The Morgan fingerprint density at radius 1 is 1.45 bits per heavy atom. The van der Waals surface area contributed by atoms with Crippen LogP contribution in [0.1, 0.15) is 46.0 Å². The quantitative estimate of drug-likeness (QED) is 0.723. The summed E-state index contributed by atoms with van der Waals surface area (Å²) >= 11 is 1.70. The van der Waals surface area contributed by atoms with Crippen LogP contribution >= 0.6 is 11.8 Å². The number of hydrogen-bond acceptors (Lipinski definition) is 4. The van der Waals surface area contributed by atoms with Crippen LogP contribution in [0.3, 0.4) is 0 Å². The lowest BCUT2D eigenvalue weighted by atomic mass is 10.0. The first-order chi connectivity index (χ1) is 9.76. The Bertz CT molecular complexity index is 456. The van der Waals surface area contributed by atoms with Crippen molar-refractivity contribution in [3.05, 3.63) is 10.5 Å². The van der Waals surface area contributed by atoms with Crippen molar-refractivity contribution in [2.75, 3.05) is 12.3 Å². The van der Waals surface area contributed by atoms with Gasteiger partial charge in [0.05, 0.1) is 0 Å². The van der Waals surface area contributed by atoms with Gasteiger partial charge in [-0.2, -0.15) is 0 Å². The molecule has 1 aliphatic rings. The van der Waals surface area contributed by atoms with Gasteiger partial charge in [0.2, 0.25) is 0 Å². The van der Waals surface area contributed by atoms with E-state index in [1.165, 1.54) is 32.1 Å². The van der Waals surface area contributed by atoms with E-state index in [4.69, 9.17) is 0 Å². The monoisotopic (exact) mass is 298 g/mol. The Balaban J connectivity index is 1.78. The molecule has 2 rings (SSSR count). The zero-order valence-electron chi connectivity index (χ0n) is 12.5. The first-order valence-electron chi connectivity index (χ1n) is 7.77. The van der Waals surface area contributed by atoms with Gasteiger partial charge in [0.25, 0.3) is 0 Å². The second kappa shape index (κ2) is 7.88. The molecule has 1 aromatic heterocycles. The summed E-state index contributed by atoms with van der Waals surface area (Å²) in [5, 5.41) is 11.1. The topological polar surface area (TPSA) is 62.7 Å².